The van der Waals surface area contributed by atoms with Crippen LogP contribution >= 0.6 is 15.9 Å². The van der Waals surface area contributed by atoms with Crippen molar-refractivity contribution in [3.63, 3.8) is 0 Å². The highest BCUT2D eigenvalue weighted by atomic mass is 79.9. The lowest BCUT2D eigenvalue weighted by molar-refractivity contribution is 0.532. The zero-order valence-electron chi connectivity index (χ0n) is 11.8. The molecule has 2 heterocycles. The van der Waals surface area contributed by atoms with Gasteiger partial charge in [-0.25, -0.2) is 0 Å². The van der Waals surface area contributed by atoms with Crippen LogP contribution in [0.2, 0.25) is 0 Å². The fourth-order valence-electron chi connectivity index (χ4n) is 2.29. The second-order valence-electron chi connectivity index (χ2n) is 4.63. The third kappa shape index (κ3) is 2.60. The van der Waals surface area contributed by atoms with Crippen LogP contribution in [-0.2, 0) is 13.6 Å². The van der Waals surface area contributed by atoms with E-state index in [1.807, 2.05) is 31.2 Å². The number of aryl methyl sites for hydroxylation is 2. The molecular formula is C13H20BrN5. The predicted octanol–water partition coefficient (Wildman–Crippen LogP) is 2.41. The molecule has 0 saturated heterocycles. The van der Waals surface area contributed by atoms with Gasteiger partial charge in [0.1, 0.15) is 0 Å². The van der Waals surface area contributed by atoms with Crippen molar-refractivity contribution < 1.29 is 0 Å². The van der Waals surface area contributed by atoms with Crippen LogP contribution in [-0.4, -0.2) is 26.6 Å². The number of hydrogen-bond donors (Lipinski definition) is 1. The Morgan fingerprint density at radius 2 is 2.11 bits per heavy atom. The van der Waals surface area contributed by atoms with E-state index in [0.717, 1.165) is 28.8 Å². The molecule has 0 aliphatic heterocycles. The first-order valence-electron chi connectivity index (χ1n) is 6.47. The lowest BCUT2D eigenvalue weighted by Gasteiger charge is -2.18. The molecule has 0 aliphatic carbocycles. The minimum absolute atomic E-state index is 0.0946. The Morgan fingerprint density at radius 1 is 1.37 bits per heavy atom. The number of hydrogen-bond acceptors (Lipinski definition) is 3. The molecular weight excluding hydrogens is 306 g/mol. The predicted molar refractivity (Wildman–Crippen MR) is 79.1 cm³/mol. The minimum Gasteiger partial charge on any atom is -0.308 e. The van der Waals surface area contributed by atoms with Gasteiger partial charge in [-0.1, -0.05) is 6.92 Å². The van der Waals surface area contributed by atoms with Crippen molar-refractivity contribution in [3.05, 3.63) is 33.8 Å². The first kappa shape index (κ1) is 14.3. The van der Waals surface area contributed by atoms with E-state index in [0.29, 0.717) is 0 Å². The number of rotatable bonds is 5. The number of nitrogens with zero attached hydrogens (tertiary/aromatic N) is 4. The van der Waals surface area contributed by atoms with Crippen molar-refractivity contribution in [1.29, 1.82) is 0 Å². The lowest BCUT2D eigenvalue weighted by atomic mass is 10.0. The monoisotopic (exact) mass is 325 g/mol. The summed E-state index contributed by atoms with van der Waals surface area (Å²) < 4.78 is 4.98. The second kappa shape index (κ2) is 5.88. The van der Waals surface area contributed by atoms with Gasteiger partial charge in [-0.15, -0.1) is 0 Å². The third-order valence-corrected chi connectivity index (χ3v) is 4.03. The molecule has 2 rings (SSSR count). The average molecular weight is 326 g/mol. The maximum atomic E-state index is 4.44. The van der Waals surface area contributed by atoms with Crippen molar-refractivity contribution in [2.24, 2.45) is 7.05 Å². The fourth-order valence-corrected chi connectivity index (χ4v) is 2.81. The quantitative estimate of drug-likeness (QED) is 0.918. The molecule has 0 spiro atoms. The topological polar surface area (TPSA) is 47.7 Å². The van der Waals surface area contributed by atoms with Gasteiger partial charge in [-0.05, 0) is 36.3 Å². The summed E-state index contributed by atoms with van der Waals surface area (Å²) in [5, 5.41) is 12.1. The Labute approximate surface area is 122 Å². The molecule has 0 saturated carbocycles. The molecule has 0 aromatic carbocycles. The zero-order chi connectivity index (χ0) is 14.0. The van der Waals surface area contributed by atoms with Crippen LogP contribution in [0.3, 0.4) is 0 Å². The minimum atomic E-state index is 0.0946. The summed E-state index contributed by atoms with van der Waals surface area (Å²) in [6, 6.07) is 0.0946. The summed E-state index contributed by atoms with van der Waals surface area (Å²) >= 11 is 3.61. The fraction of sp³-hybridized carbons (Fsp3) is 0.538. The SMILES string of the molecule is CCCn1ncc(Br)c1C(NC)c1cnn(C)c1C. The van der Waals surface area contributed by atoms with E-state index < -0.39 is 0 Å². The Hall–Kier alpha value is -1.14. The van der Waals surface area contributed by atoms with Crippen molar-refractivity contribution in [2.75, 3.05) is 7.05 Å². The molecule has 104 valence electrons. The molecule has 1 atom stereocenters. The molecule has 0 bridgehead atoms. The van der Waals surface area contributed by atoms with Crippen LogP contribution in [0, 0.1) is 6.92 Å². The highest BCUT2D eigenvalue weighted by molar-refractivity contribution is 9.10. The Morgan fingerprint density at radius 3 is 2.63 bits per heavy atom. The lowest BCUT2D eigenvalue weighted by Crippen LogP contribution is -2.22. The average Bonchev–Trinajstić information content (AvgIpc) is 2.90. The van der Waals surface area contributed by atoms with Crippen LogP contribution in [0.25, 0.3) is 0 Å². The van der Waals surface area contributed by atoms with Crippen molar-refractivity contribution >= 4 is 15.9 Å². The van der Waals surface area contributed by atoms with E-state index >= 15 is 0 Å². The highest BCUT2D eigenvalue weighted by Crippen LogP contribution is 2.30. The maximum absolute atomic E-state index is 4.44. The van der Waals surface area contributed by atoms with Gasteiger partial charge in [0.15, 0.2) is 0 Å². The van der Waals surface area contributed by atoms with Crippen molar-refractivity contribution in [1.82, 2.24) is 24.9 Å². The molecule has 0 fully saturated rings. The van der Waals surface area contributed by atoms with Crippen molar-refractivity contribution in [2.45, 2.75) is 32.9 Å². The van der Waals surface area contributed by atoms with E-state index in [9.17, 15) is 0 Å². The molecule has 6 heteroatoms. The maximum Gasteiger partial charge on any atom is 0.0790 e. The van der Waals surface area contributed by atoms with E-state index in [1.165, 1.54) is 5.56 Å². The van der Waals surface area contributed by atoms with E-state index in [-0.39, 0.29) is 6.04 Å². The van der Waals surface area contributed by atoms with Crippen LogP contribution in [0.1, 0.15) is 36.3 Å². The summed E-state index contributed by atoms with van der Waals surface area (Å²) in [5.41, 5.74) is 3.50. The third-order valence-electron chi connectivity index (χ3n) is 3.41. The summed E-state index contributed by atoms with van der Waals surface area (Å²) in [7, 11) is 3.93. The normalized spacial score (nSPS) is 12.9. The molecule has 1 unspecified atom stereocenters. The van der Waals surface area contributed by atoms with Gasteiger partial charge in [-0.2, -0.15) is 10.2 Å². The van der Waals surface area contributed by atoms with E-state index in [4.69, 9.17) is 0 Å². The van der Waals surface area contributed by atoms with Crippen LogP contribution in [0.5, 0.6) is 0 Å². The Bertz CT molecular complexity index is 557. The van der Waals surface area contributed by atoms with Gasteiger partial charge in [-0.3, -0.25) is 9.36 Å². The van der Waals surface area contributed by atoms with Gasteiger partial charge < -0.3 is 5.32 Å². The standard InChI is InChI=1S/C13H20BrN5/c1-5-6-19-13(11(14)8-17-19)12(15-3)10-7-16-18(4)9(10)2/h7-8,12,15H,5-6H2,1-4H3. The molecule has 1 N–H and O–H groups in total. The van der Waals surface area contributed by atoms with Gasteiger partial charge >= 0.3 is 0 Å². The number of halogens is 1. The Kier molecular flexibility index (Phi) is 4.42. The molecule has 19 heavy (non-hydrogen) atoms. The first-order chi connectivity index (χ1) is 9.10. The van der Waals surface area contributed by atoms with Crippen LogP contribution in [0.15, 0.2) is 16.9 Å². The highest BCUT2D eigenvalue weighted by Gasteiger charge is 2.23. The number of nitrogens with one attached hydrogen (secondary N) is 1. The van der Waals surface area contributed by atoms with Gasteiger partial charge in [0.25, 0.3) is 0 Å². The second-order valence-corrected chi connectivity index (χ2v) is 5.49. The summed E-state index contributed by atoms with van der Waals surface area (Å²) in [4.78, 5) is 0. The van der Waals surface area contributed by atoms with Gasteiger partial charge in [0, 0.05) is 24.8 Å². The van der Waals surface area contributed by atoms with Crippen LogP contribution < -0.4 is 5.32 Å². The summed E-state index contributed by atoms with van der Waals surface area (Å²) in [6.45, 7) is 5.16. The molecule has 5 nitrogen and oxygen atoms in total. The van der Waals surface area contributed by atoms with E-state index in [1.54, 1.807) is 0 Å². The smallest absolute Gasteiger partial charge is 0.0790 e. The molecule has 0 radical (unpaired) electrons. The zero-order valence-corrected chi connectivity index (χ0v) is 13.4. The van der Waals surface area contributed by atoms with Crippen LogP contribution in [0.4, 0.5) is 0 Å². The largest absolute Gasteiger partial charge is 0.308 e. The molecule has 2 aromatic heterocycles. The number of aromatic nitrogens is 4. The molecule has 0 amide bonds. The summed E-state index contributed by atoms with van der Waals surface area (Å²) in [6.07, 6.45) is 4.84. The van der Waals surface area contributed by atoms with Crippen molar-refractivity contribution in [3.8, 4) is 0 Å². The first-order valence-corrected chi connectivity index (χ1v) is 7.26. The Balaban J connectivity index is 2.48. The molecule has 2 aromatic rings. The van der Waals surface area contributed by atoms with E-state index in [2.05, 4.69) is 50.0 Å². The van der Waals surface area contributed by atoms with Gasteiger partial charge in [0.05, 0.1) is 28.6 Å². The van der Waals surface area contributed by atoms with Gasteiger partial charge in [0.2, 0.25) is 0 Å². The molecule has 0 aliphatic rings. The summed E-state index contributed by atoms with van der Waals surface area (Å²) in [5.74, 6) is 0.